The minimum atomic E-state index is -0.235. The summed E-state index contributed by atoms with van der Waals surface area (Å²) < 4.78 is 0. The fourth-order valence-electron chi connectivity index (χ4n) is 3.53. The third kappa shape index (κ3) is 5.11. The highest BCUT2D eigenvalue weighted by Crippen LogP contribution is 2.20. The topological polar surface area (TPSA) is 44.7 Å². The van der Waals surface area contributed by atoms with E-state index in [1.807, 2.05) is 36.4 Å². The Bertz CT molecular complexity index is 1030. The number of hydrogen-bond acceptors (Lipinski definition) is 3. The molecule has 0 spiro atoms. The Balaban J connectivity index is 1.32. The number of carbonyl (C=O) groups is 1. The average molecular weight is 404 g/mol. The third-order valence-electron chi connectivity index (χ3n) is 5.06. The Kier molecular flexibility index (Phi) is 6.03. The summed E-state index contributed by atoms with van der Waals surface area (Å²) in [5, 5.41) is 4.64. The van der Waals surface area contributed by atoms with Crippen LogP contribution in [0.3, 0.4) is 0 Å². The lowest BCUT2D eigenvalue weighted by molar-refractivity contribution is 0.0955. The highest BCUT2D eigenvalue weighted by atomic mass is 35.5. The monoisotopic (exact) mass is 403 g/mol. The molecule has 0 fully saturated rings. The van der Waals surface area contributed by atoms with Crippen molar-refractivity contribution in [2.75, 3.05) is 6.54 Å². The molecule has 29 heavy (non-hydrogen) atoms. The molecule has 0 aromatic heterocycles. The van der Waals surface area contributed by atoms with E-state index in [0.29, 0.717) is 10.6 Å². The molecule has 1 amide bonds. The second-order valence-electron chi connectivity index (χ2n) is 7.18. The number of hydrazone groups is 1. The van der Waals surface area contributed by atoms with E-state index in [1.54, 1.807) is 18.3 Å². The van der Waals surface area contributed by atoms with Crippen LogP contribution < -0.4 is 5.43 Å². The Labute approximate surface area is 175 Å². The van der Waals surface area contributed by atoms with Crippen LogP contribution in [0.2, 0.25) is 5.02 Å². The first kappa shape index (κ1) is 19.4. The lowest BCUT2D eigenvalue weighted by Gasteiger charge is -2.28. The van der Waals surface area contributed by atoms with E-state index >= 15 is 0 Å². The van der Waals surface area contributed by atoms with E-state index in [2.05, 4.69) is 39.7 Å². The molecular weight excluding hydrogens is 382 g/mol. The lowest BCUT2D eigenvalue weighted by Crippen LogP contribution is -2.30. The molecule has 0 atom stereocenters. The number of nitrogens with zero attached hydrogens (tertiary/aromatic N) is 2. The van der Waals surface area contributed by atoms with Crippen molar-refractivity contribution in [1.82, 2.24) is 10.3 Å². The molecule has 3 aromatic rings. The van der Waals surface area contributed by atoms with Gasteiger partial charge >= 0.3 is 0 Å². The molecule has 0 radical (unpaired) electrons. The standard InChI is InChI=1S/C24H22ClN3O/c25-23-7-3-4-19(14-23)15-26-27-24(29)21-10-8-18(9-11-21)16-28-13-12-20-5-1-2-6-22(20)17-28/h1-11,14-15H,12-13,16-17H2,(H,27,29)/b26-15+. The zero-order valence-corrected chi connectivity index (χ0v) is 16.8. The van der Waals surface area contributed by atoms with Crippen LogP contribution >= 0.6 is 11.6 Å². The summed E-state index contributed by atoms with van der Waals surface area (Å²) in [5.41, 5.74) is 8.03. The zero-order chi connectivity index (χ0) is 20.1. The first-order chi connectivity index (χ1) is 14.2. The van der Waals surface area contributed by atoms with Crippen LogP contribution in [0.25, 0.3) is 0 Å². The number of hydrogen-bond donors (Lipinski definition) is 1. The van der Waals surface area contributed by atoms with Crippen LogP contribution in [0.5, 0.6) is 0 Å². The largest absolute Gasteiger partial charge is 0.294 e. The van der Waals surface area contributed by atoms with Gasteiger partial charge in [0, 0.05) is 30.2 Å². The van der Waals surface area contributed by atoms with Crippen molar-refractivity contribution in [2.24, 2.45) is 5.10 Å². The van der Waals surface area contributed by atoms with E-state index in [9.17, 15) is 4.79 Å². The van der Waals surface area contributed by atoms with Gasteiger partial charge < -0.3 is 0 Å². The van der Waals surface area contributed by atoms with Gasteiger partial charge in [0.1, 0.15) is 0 Å². The first-order valence-electron chi connectivity index (χ1n) is 9.64. The van der Waals surface area contributed by atoms with Crippen LogP contribution in [-0.4, -0.2) is 23.6 Å². The summed E-state index contributed by atoms with van der Waals surface area (Å²) in [6, 6.07) is 23.6. The summed E-state index contributed by atoms with van der Waals surface area (Å²) in [5.74, 6) is -0.235. The molecule has 0 bridgehead atoms. The van der Waals surface area contributed by atoms with Gasteiger partial charge in [-0.05, 0) is 52.9 Å². The maximum Gasteiger partial charge on any atom is 0.271 e. The molecule has 5 heteroatoms. The number of nitrogens with one attached hydrogen (secondary N) is 1. The minimum Gasteiger partial charge on any atom is -0.294 e. The molecule has 4 rings (SSSR count). The van der Waals surface area contributed by atoms with Crippen LogP contribution in [0.15, 0.2) is 77.9 Å². The summed E-state index contributed by atoms with van der Waals surface area (Å²) in [6.45, 7) is 2.90. The number of rotatable bonds is 5. The smallest absolute Gasteiger partial charge is 0.271 e. The van der Waals surface area contributed by atoms with E-state index < -0.39 is 0 Å². The molecule has 1 aliphatic heterocycles. The third-order valence-corrected chi connectivity index (χ3v) is 5.30. The van der Waals surface area contributed by atoms with Crippen molar-refractivity contribution in [2.45, 2.75) is 19.5 Å². The van der Waals surface area contributed by atoms with E-state index in [-0.39, 0.29) is 5.91 Å². The summed E-state index contributed by atoms with van der Waals surface area (Å²) >= 11 is 5.94. The Morgan fingerprint density at radius 3 is 2.62 bits per heavy atom. The van der Waals surface area contributed by atoms with Crippen molar-refractivity contribution in [1.29, 1.82) is 0 Å². The SMILES string of the molecule is O=C(N/N=C/c1cccc(Cl)c1)c1ccc(CN2CCc3ccccc3C2)cc1. The van der Waals surface area contributed by atoms with Crippen molar-refractivity contribution < 1.29 is 4.79 Å². The van der Waals surface area contributed by atoms with Crippen molar-refractivity contribution in [3.8, 4) is 0 Å². The van der Waals surface area contributed by atoms with E-state index in [1.165, 1.54) is 16.7 Å². The molecule has 4 nitrogen and oxygen atoms in total. The molecule has 146 valence electrons. The molecular formula is C24H22ClN3O. The van der Waals surface area contributed by atoms with Crippen molar-refractivity contribution in [3.05, 3.63) is 106 Å². The summed E-state index contributed by atoms with van der Waals surface area (Å²) in [4.78, 5) is 14.7. The molecule has 0 saturated heterocycles. The van der Waals surface area contributed by atoms with Crippen molar-refractivity contribution >= 4 is 23.7 Å². The van der Waals surface area contributed by atoms with Gasteiger partial charge in [-0.3, -0.25) is 9.69 Å². The van der Waals surface area contributed by atoms with E-state index in [0.717, 1.165) is 31.6 Å². The van der Waals surface area contributed by atoms with E-state index in [4.69, 9.17) is 11.6 Å². The molecule has 0 aliphatic carbocycles. The van der Waals surface area contributed by atoms with Crippen LogP contribution in [0.4, 0.5) is 0 Å². The Hall–Kier alpha value is -2.95. The summed E-state index contributed by atoms with van der Waals surface area (Å²) in [7, 11) is 0. The molecule has 1 aliphatic rings. The number of fused-ring (bicyclic) bond motifs is 1. The first-order valence-corrected chi connectivity index (χ1v) is 10.0. The number of amides is 1. The number of benzene rings is 3. The molecule has 0 saturated carbocycles. The number of carbonyl (C=O) groups excluding carboxylic acids is 1. The quantitative estimate of drug-likeness (QED) is 0.497. The van der Waals surface area contributed by atoms with Crippen LogP contribution in [-0.2, 0) is 19.5 Å². The van der Waals surface area contributed by atoms with Crippen molar-refractivity contribution in [3.63, 3.8) is 0 Å². The van der Waals surface area contributed by atoms with Gasteiger partial charge in [-0.2, -0.15) is 5.10 Å². The van der Waals surface area contributed by atoms with Gasteiger partial charge in [0.2, 0.25) is 0 Å². The Morgan fingerprint density at radius 1 is 1.03 bits per heavy atom. The predicted octanol–water partition coefficient (Wildman–Crippen LogP) is 4.66. The highest BCUT2D eigenvalue weighted by Gasteiger charge is 2.15. The lowest BCUT2D eigenvalue weighted by atomic mass is 9.99. The van der Waals surface area contributed by atoms with Crippen LogP contribution in [0.1, 0.15) is 32.6 Å². The molecule has 3 aromatic carbocycles. The number of halogens is 1. The molecule has 1 heterocycles. The molecule has 0 unspecified atom stereocenters. The minimum absolute atomic E-state index is 0.235. The maximum absolute atomic E-state index is 12.3. The summed E-state index contributed by atoms with van der Waals surface area (Å²) in [6.07, 6.45) is 2.66. The fourth-order valence-corrected chi connectivity index (χ4v) is 3.72. The highest BCUT2D eigenvalue weighted by molar-refractivity contribution is 6.30. The van der Waals surface area contributed by atoms with Gasteiger partial charge in [-0.1, -0.05) is 60.1 Å². The second kappa shape index (κ2) is 9.03. The van der Waals surface area contributed by atoms with Crippen LogP contribution in [0, 0.1) is 0 Å². The Morgan fingerprint density at radius 2 is 1.83 bits per heavy atom. The predicted molar refractivity (Wildman–Crippen MR) is 117 cm³/mol. The maximum atomic E-state index is 12.3. The van der Waals surface area contributed by atoms with Gasteiger partial charge in [-0.25, -0.2) is 5.43 Å². The van der Waals surface area contributed by atoms with Gasteiger partial charge in [0.15, 0.2) is 0 Å². The molecule has 1 N–H and O–H groups in total. The average Bonchev–Trinajstić information content (AvgIpc) is 2.74. The normalized spacial score (nSPS) is 14.0. The fraction of sp³-hybridized carbons (Fsp3) is 0.167. The van der Waals surface area contributed by atoms with Gasteiger partial charge in [-0.15, -0.1) is 0 Å². The van der Waals surface area contributed by atoms with Gasteiger partial charge in [0.25, 0.3) is 5.91 Å². The van der Waals surface area contributed by atoms with Gasteiger partial charge in [0.05, 0.1) is 6.21 Å². The second-order valence-corrected chi connectivity index (χ2v) is 7.62. The zero-order valence-electron chi connectivity index (χ0n) is 16.0.